The van der Waals surface area contributed by atoms with E-state index in [-0.39, 0.29) is 6.04 Å². The Hall–Kier alpha value is -1.10. The van der Waals surface area contributed by atoms with Crippen molar-refractivity contribution in [1.82, 2.24) is 10.2 Å². The molecule has 1 rings (SSSR count). The third-order valence-electron chi connectivity index (χ3n) is 1.97. The predicted octanol–water partition coefficient (Wildman–Crippen LogP) is -1.71. The lowest BCUT2D eigenvalue weighted by atomic mass is 10.2. The van der Waals surface area contributed by atoms with Crippen molar-refractivity contribution in [2.45, 2.75) is 13.0 Å². The van der Waals surface area contributed by atoms with E-state index in [1.54, 1.807) is 0 Å². The number of carbonyl (C=O) groups excluding carboxylic acids is 2. The summed E-state index contributed by atoms with van der Waals surface area (Å²) in [6, 6.07) is 0.0544. The molecule has 5 heteroatoms. The Morgan fingerprint density at radius 1 is 1.58 bits per heavy atom. The summed E-state index contributed by atoms with van der Waals surface area (Å²) in [5.41, 5.74) is 4.88. The van der Waals surface area contributed by atoms with E-state index in [9.17, 15) is 9.59 Å². The number of nitrogens with zero attached hydrogens (tertiary/aromatic N) is 1. The first kappa shape index (κ1) is 8.99. The van der Waals surface area contributed by atoms with Crippen LogP contribution in [0.3, 0.4) is 0 Å². The smallest absolute Gasteiger partial charge is 0.311 e. The van der Waals surface area contributed by atoms with E-state index < -0.39 is 11.8 Å². The maximum absolute atomic E-state index is 11.1. The molecule has 1 aliphatic heterocycles. The van der Waals surface area contributed by atoms with Crippen molar-refractivity contribution >= 4 is 11.8 Å². The van der Waals surface area contributed by atoms with Crippen molar-refractivity contribution in [2.75, 3.05) is 19.6 Å². The summed E-state index contributed by atoms with van der Waals surface area (Å²) < 4.78 is 0. The Morgan fingerprint density at radius 3 is 2.75 bits per heavy atom. The molecule has 1 heterocycles. The first-order valence-electron chi connectivity index (χ1n) is 3.94. The Bertz CT molecular complexity index is 205. The van der Waals surface area contributed by atoms with Crippen LogP contribution in [0.1, 0.15) is 6.92 Å². The van der Waals surface area contributed by atoms with Crippen molar-refractivity contribution < 1.29 is 9.59 Å². The fraction of sp³-hybridized carbons (Fsp3) is 0.714. The standard InChI is InChI=1S/C7H13N3O2/c1-5-4-9-2-3-10(5)7(12)6(8)11/h5,9H,2-4H2,1H3,(H2,8,11). The number of nitrogens with two attached hydrogens (primary N) is 1. The van der Waals surface area contributed by atoms with Crippen LogP contribution in [0.25, 0.3) is 0 Å². The predicted molar refractivity (Wildman–Crippen MR) is 43.2 cm³/mol. The lowest BCUT2D eigenvalue weighted by Crippen LogP contribution is -2.55. The van der Waals surface area contributed by atoms with Crippen LogP contribution in [-0.4, -0.2) is 42.4 Å². The molecule has 0 aliphatic carbocycles. The van der Waals surface area contributed by atoms with Gasteiger partial charge in [0.05, 0.1) is 0 Å². The highest BCUT2D eigenvalue weighted by molar-refractivity contribution is 6.34. The van der Waals surface area contributed by atoms with Crippen molar-refractivity contribution in [3.05, 3.63) is 0 Å². The zero-order chi connectivity index (χ0) is 9.14. The molecule has 0 aromatic heterocycles. The number of amides is 2. The van der Waals surface area contributed by atoms with Gasteiger partial charge in [0, 0.05) is 25.7 Å². The Balaban J connectivity index is 2.59. The van der Waals surface area contributed by atoms with Crippen LogP contribution in [0.15, 0.2) is 0 Å². The summed E-state index contributed by atoms with van der Waals surface area (Å²) in [6.45, 7) is 3.89. The summed E-state index contributed by atoms with van der Waals surface area (Å²) in [5, 5.41) is 3.11. The van der Waals surface area contributed by atoms with Gasteiger partial charge < -0.3 is 16.0 Å². The molecule has 0 radical (unpaired) electrons. The molecular weight excluding hydrogens is 158 g/mol. The highest BCUT2D eigenvalue weighted by Crippen LogP contribution is 2.01. The van der Waals surface area contributed by atoms with Crippen molar-refractivity contribution in [1.29, 1.82) is 0 Å². The van der Waals surface area contributed by atoms with Crippen LogP contribution in [-0.2, 0) is 9.59 Å². The monoisotopic (exact) mass is 171 g/mol. The number of hydrogen-bond acceptors (Lipinski definition) is 3. The van der Waals surface area contributed by atoms with Gasteiger partial charge in [0.2, 0.25) is 0 Å². The van der Waals surface area contributed by atoms with Crippen molar-refractivity contribution in [3.8, 4) is 0 Å². The lowest BCUT2D eigenvalue weighted by Gasteiger charge is -2.32. The van der Waals surface area contributed by atoms with Gasteiger partial charge in [-0.15, -0.1) is 0 Å². The number of carbonyl (C=O) groups is 2. The number of piperazine rings is 1. The molecule has 1 saturated heterocycles. The summed E-state index contributed by atoms with van der Waals surface area (Å²) in [6.07, 6.45) is 0. The summed E-state index contributed by atoms with van der Waals surface area (Å²) in [4.78, 5) is 23.2. The minimum Gasteiger partial charge on any atom is -0.361 e. The number of primary amides is 1. The van der Waals surface area contributed by atoms with Gasteiger partial charge in [0.25, 0.3) is 0 Å². The third kappa shape index (κ3) is 1.73. The van der Waals surface area contributed by atoms with Gasteiger partial charge in [-0.3, -0.25) is 9.59 Å². The Labute approximate surface area is 70.9 Å². The van der Waals surface area contributed by atoms with Gasteiger partial charge in [0.1, 0.15) is 0 Å². The summed E-state index contributed by atoms with van der Waals surface area (Å²) in [7, 11) is 0. The minimum absolute atomic E-state index is 0.0544. The van der Waals surface area contributed by atoms with E-state index in [2.05, 4.69) is 5.32 Å². The van der Waals surface area contributed by atoms with Crippen LogP contribution >= 0.6 is 0 Å². The van der Waals surface area contributed by atoms with Gasteiger partial charge in [-0.05, 0) is 6.92 Å². The second kappa shape index (κ2) is 3.53. The first-order valence-corrected chi connectivity index (χ1v) is 3.94. The number of nitrogens with one attached hydrogen (secondary N) is 1. The normalized spacial score (nSPS) is 23.8. The molecule has 1 aliphatic rings. The molecule has 68 valence electrons. The van der Waals surface area contributed by atoms with Crippen LogP contribution in [0, 0.1) is 0 Å². The molecule has 2 amide bonds. The first-order chi connectivity index (χ1) is 5.63. The molecule has 0 aromatic carbocycles. The van der Waals surface area contributed by atoms with Gasteiger partial charge in [0.15, 0.2) is 0 Å². The third-order valence-corrected chi connectivity index (χ3v) is 1.97. The molecule has 0 saturated carbocycles. The van der Waals surface area contributed by atoms with Gasteiger partial charge in [-0.25, -0.2) is 0 Å². The Kier molecular flexibility index (Phi) is 2.65. The largest absolute Gasteiger partial charge is 0.361 e. The quantitative estimate of drug-likeness (QED) is 0.426. The van der Waals surface area contributed by atoms with Gasteiger partial charge in [-0.2, -0.15) is 0 Å². The van der Waals surface area contributed by atoms with Crippen LogP contribution in [0.4, 0.5) is 0 Å². The van der Waals surface area contributed by atoms with E-state index in [0.29, 0.717) is 6.54 Å². The van der Waals surface area contributed by atoms with Gasteiger partial charge in [-0.1, -0.05) is 0 Å². The maximum Gasteiger partial charge on any atom is 0.311 e. The fourth-order valence-electron chi connectivity index (χ4n) is 1.28. The zero-order valence-corrected chi connectivity index (χ0v) is 7.04. The lowest BCUT2D eigenvalue weighted by molar-refractivity contribution is -0.146. The fourth-order valence-corrected chi connectivity index (χ4v) is 1.28. The molecule has 5 nitrogen and oxygen atoms in total. The number of hydrogen-bond donors (Lipinski definition) is 2. The van der Waals surface area contributed by atoms with E-state index in [1.807, 2.05) is 6.92 Å². The highest BCUT2D eigenvalue weighted by Gasteiger charge is 2.25. The average Bonchev–Trinajstić information content (AvgIpc) is 2.04. The molecule has 0 aromatic rings. The van der Waals surface area contributed by atoms with E-state index >= 15 is 0 Å². The average molecular weight is 171 g/mol. The maximum atomic E-state index is 11.1. The topological polar surface area (TPSA) is 75.4 Å². The van der Waals surface area contributed by atoms with Crippen molar-refractivity contribution in [2.24, 2.45) is 5.73 Å². The van der Waals surface area contributed by atoms with Crippen LogP contribution in [0.5, 0.6) is 0 Å². The Morgan fingerprint density at radius 2 is 2.25 bits per heavy atom. The summed E-state index contributed by atoms with van der Waals surface area (Å²) in [5.74, 6) is -1.45. The molecule has 1 fully saturated rings. The second-order valence-electron chi connectivity index (χ2n) is 2.92. The summed E-state index contributed by atoms with van der Waals surface area (Å²) >= 11 is 0. The molecule has 3 N–H and O–H groups in total. The molecule has 1 unspecified atom stereocenters. The number of rotatable bonds is 0. The highest BCUT2D eigenvalue weighted by atomic mass is 16.2. The SMILES string of the molecule is CC1CNCCN1C(=O)C(N)=O. The minimum atomic E-state index is -0.872. The molecule has 12 heavy (non-hydrogen) atoms. The molecule has 0 spiro atoms. The van der Waals surface area contributed by atoms with E-state index in [4.69, 9.17) is 5.73 Å². The van der Waals surface area contributed by atoms with Gasteiger partial charge >= 0.3 is 11.8 Å². The van der Waals surface area contributed by atoms with E-state index in [1.165, 1.54) is 4.90 Å². The molecular formula is C7H13N3O2. The van der Waals surface area contributed by atoms with Crippen LogP contribution < -0.4 is 11.1 Å². The second-order valence-corrected chi connectivity index (χ2v) is 2.92. The molecule has 1 atom stereocenters. The van der Waals surface area contributed by atoms with Crippen LogP contribution in [0.2, 0.25) is 0 Å². The van der Waals surface area contributed by atoms with E-state index in [0.717, 1.165) is 13.1 Å². The molecule has 0 bridgehead atoms. The zero-order valence-electron chi connectivity index (χ0n) is 7.04. The van der Waals surface area contributed by atoms with Crippen molar-refractivity contribution in [3.63, 3.8) is 0 Å².